The van der Waals surface area contributed by atoms with Gasteiger partial charge in [0.15, 0.2) is 11.4 Å². The van der Waals surface area contributed by atoms with Crippen LogP contribution in [0, 0.1) is 11.8 Å². The number of ether oxygens (including phenoxy) is 1. The molecule has 0 aliphatic heterocycles. The number of benzene rings is 1. The minimum absolute atomic E-state index is 0.0451. The van der Waals surface area contributed by atoms with Crippen LogP contribution in [0.15, 0.2) is 28.7 Å². The summed E-state index contributed by atoms with van der Waals surface area (Å²) in [5, 5.41) is 46.6. The fraction of sp³-hybridized carbons (Fsp3) is 0.481. The molecule has 39 heavy (non-hydrogen) atoms. The molecule has 3 atom stereocenters. The number of nitrogens with zero attached hydrogens (tertiary/aromatic N) is 1. The van der Waals surface area contributed by atoms with Crippen LogP contribution in [-0.4, -0.2) is 70.3 Å². The molecule has 0 spiro atoms. The van der Waals surface area contributed by atoms with Gasteiger partial charge in [-0.15, -0.1) is 0 Å². The number of nitrogens with one attached hydrogen (secondary N) is 1. The van der Waals surface area contributed by atoms with Gasteiger partial charge in [-0.3, -0.25) is 14.4 Å². The van der Waals surface area contributed by atoms with Crippen molar-refractivity contribution in [3.8, 4) is 5.75 Å². The number of fused-ring (bicyclic) bond motifs is 3. The molecule has 12 nitrogen and oxygen atoms in total. The number of nitrogens with two attached hydrogens (primary N) is 1. The first-order valence-corrected chi connectivity index (χ1v) is 12.8. The quantitative estimate of drug-likeness (QED) is 0.217. The van der Waals surface area contributed by atoms with Gasteiger partial charge in [-0.05, 0) is 36.8 Å². The molecule has 0 fully saturated rings. The normalized spacial score (nSPS) is 24.1. The molecule has 0 aromatic heterocycles. The van der Waals surface area contributed by atoms with E-state index in [2.05, 4.69) is 5.32 Å². The first-order valence-electron chi connectivity index (χ1n) is 12.8. The molecule has 0 unspecified atom stereocenters. The summed E-state index contributed by atoms with van der Waals surface area (Å²) in [6, 6.07) is 1.65. The molecule has 0 radical (unpaired) electrons. The Bertz CT molecular complexity index is 1330. The van der Waals surface area contributed by atoms with E-state index in [9.17, 15) is 39.6 Å². The fourth-order valence-corrected chi connectivity index (χ4v) is 5.78. The predicted octanol–water partition coefficient (Wildman–Crippen LogP) is 1.67. The van der Waals surface area contributed by atoms with Crippen LogP contribution in [0.2, 0.25) is 0 Å². The number of primary amides is 1. The van der Waals surface area contributed by atoms with Gasteiger partial charge in [0.2, 0.25) is 5.78 Å². The summed E-state index contributed by atoms with van der Waals surface area (Å²) in [6.45, 7) is 2.04. The summed E-state index contributed by atoms with van der Waals surface area (Å²) in [6.07, 6.45) is 0.797. The first kappa shape index (κ1) is 28.0. The Morgan fingerprint density at radius 1 is 1.21 bits per heavy atom. The Morgan fingerprint density at radius 2 is 1.90 bits per heavy atom. The third-order valence-corrected chi connectivity index (χ3v) is 7.75. The Hall–Kier alpha value is -4.06. The van der Waals surface area contributed by atoms with Crippen LogP contribution < -0.4 is 16.0 Å². The maximum atomic E-state index is 13.8. The van der Waals surface area contributed by atoms with Gasteiger partial charge in [-0.25, -0.2) is 4.79 Å². The van der Waals surface area contributed by atoms with E-state index in [0.717, 1.165) is 6.42 Å². The molecule has 0 saturated carbocycles. The molecule has 1 aromatic rings. The fourth-order valence-electron chi connectivity index (χ4n) is 5.78. The van der Waals surface area contributed by atoms with Crippen LogP contribution in [0.5, 0.6) is 5.75 Å². The van der Waals surface area contributed by atoms with Gasteiger partial charge in [-0.1, -0.05) is 13.3 Å². The Balaban J connectivity index is 1.77. The molecule has 210 valence electrons. The smallest absolute Gasteiger partial charge is 0.407 e. The van der Waals surface area contributed by atoms with E-state index in [1.54, 1.807) is 25.1 Å². The van der Waals surface area contributed by atoms with Crippen molar-refractivity contribution in [3.63, 3.8) is 0 Å². The molecule has 1 aromatic carbocycles. The van der Waals surface area contributed by atoms with E-state index in [-0.39, 0.29) is 49.1 Å². The van der Waals surface area contributed by atoms with Crippen LogP contribution in [0.4, 0.5) is 10.5 Å². The van der Waals surface area contributed by atoms with Crippen LogP contribution in [0.3, 0.4) is 0 Å². The largest absolute Gasteiger partial charge is 0.511 e. The minimum atomic E-state index is -2.63. The molecule has 4 rings (SSSR count). The molecule has 7 N–H and O–H groups in total. The van der Waals surface area contributed by atoms with Crippen LogP contribution in [0.1, 0.15) is 54.1 Å². The van der Waals surface area contributed by atoms with E-state index < -0.39 is 63.8 Å². The summed E-state index contributed by atoms with van der Waals surface area (Å²) in [5.41, 5.74) is 2.75. The lowest BCUT2D eigenvalue weighted by Crippen LogP contribution is -2.57. The number of aromatic hydroxyl groups is 1. The van der Waals surface area contributed by atoms with Crippen molar-refractivity contribution in [1.29, 1.82) is 0 Å². The molecular formula is C27H33N3O9. The number of carbonyl (C=O) groups is 4. The highest BCUT2D eigenvalue weighted by Gasteiger charge is 2.59. The molecule has 2 amide bonds. The summed E-state index contributed by atoms with van der Waals surface area (Å²) >= 11 is 0. The molecule has 0 saturated heterocycles. The number of amides is 2. The average molecular weight is 544 g/mol. The predicted molar refractivity (Wildman–Crippen MR) is 138 cm³/mol. The number of anilines is 1. The van der Waals surface area contributed by atoms with Crippen molar-refractivity contribution in [1.82, 2.24) is 5.32 Å². The van der Waals surface area contributed by atoms with E-state index in [1.807, 2.05) is 6.92 Å². The van der Waals surface area contributed by atoms with Crippen LogP contribution >= 0.6 is 0 Å². The summed E-state index contributed by atoms with van der Waals surface area (Å²) in [7, 11) is 3.51. The number of rotatable bonds is 7. The van der Waals surface area contributed by atoms with E-state index in [0.29, 0.717) is 17.7 Å². The van der Waals surface area contributed by atoms with Crippen molar-refractivity contribution in [2.75, 3.05) is 25.6 Å². The second-order valence-corrected chi connectivity index (χ2v) is 10.4. The maximum absolute atomic E-state index is 13.8. The standard InChI is InChI=1S/C27H33N3O9/c1-4-5-6-39-26(37)29-11-13-9-16(30(2)3)15-8-12-7-14-10-17(31)20(25(28)36)24(35)27(14,38)23(34)18(12)22(33)19(15)21(13)32/h9,12,14,31-32,34,38H,4-8,10-11H2,1-3H3,(H2,28,36)(H,29,37)/t12-,14+,27+/m1/s1. The number of Topliss-reactive ketones (excluding diaryl/α,β-unsaturated/α-hetero) is 2. The topological polar surface area (TPSA) is 200 Å². The zero-order valence-corrected chi connectivity index (χ0v) is 22.0. The van der Waals surface area contributed by atoms with Crippen molar-refractivity contribution in [3.05, 3.63) is 45.4 Å². The second kappa shape index (κ2) is 10.3. The minimum Gasteiger partial charge on any atom is -0.511 e. The molecule has 0 heterocycles. The zero-order valence-electron chi connectivity index (χ0n) is 22.0. The van der Waals surface area contributed by atoms with Gasteiger partial charge in [0.1, 0.15) is 22.8 Å². The van der Waals surface area contributed by atoms with Gasteiger partial charge in [0.25, 0.3) is 5.91 Å². The highest BCUT2D eigenvalue weighted by atomic mass is 16.5. The number of hydrogen-bond acceptors (Lipinski definition) is 10. The molecule has 3 aliphatic rings. The number of unbranched alkanes of at least 4 members (excludes halogenated alkanes) is 1. The third kappa shape index (κ3) is 4.48. The number of aliphatic hydroxyl groups excluding tert-OH is 2. The van der Waals surface area contributed by atoms with E-state index >= 15 is 0 Å². The summed E-state index contributed by atoms with van der Waals surface area (Å²) in [4.78, 5) is 52.6. The van der Waals surface area contributed by atoms with Crippen LogP contribution in [-0.2, 0) is 27.3 Å². The summed E-state index contributed by atoms with van der Waals surface area (Å²) in [5.74, 6) is -6.86. The highest BCUT2D eigenvalue weighted by molar-refractivity contribution is 6.24. The number of phenols is 1. The SMILES string of the molecule is CCCCOC(=O)NCc1cc(N(C)C)c2c(c1O)C(=O)C1=C(O)[C@]3(O)C(=O)C(C(N)=O)=C(O)C[C@@H]3C[C@@H]1C2. The molecule has 0 bridgehead atoms. The van der Waals surface area contributed by atoms with Crippen LogP contribution in [0.25, 0.3) is 0 Å². The Labute approximate surface area is 224 Å². The van der Waals surface area contributed by atoms with E-state index in [1.165, 1.54) is 0 Å². The van der Waals surface area contributed by atoms with Gasteiger partial charge in [0.05, 0.1) is 12.2 Å². The lowest BCUT2D eigenvalue weighted by Gasteiger charge is -2.46. The van der Waals surface area contributed by atoms with Crippen molar-refractivity contribution in [2.45, 2.75) is 51.2 Å². The first-order chi connectivity index (χ1) is 18.3. The number of aliphatic hydroxyl groups is 3. The number of allylic oxidation sites excluding steroid dienone is 2. The number of phenolic OH excluding ortho intramolecular Hbond substituents is 1. The molecule has 3 aliphatic carbocycles. The zero-order chi connectivity index (χ0) is 28.8. The monoisotopic (exact) mass is 543 g/mol. The van der Waals surface area contributed by atoms with Crippen molar-refractivity contribution < 1.29 is 44.3 Å². The molecular weight excluding hydrogens is 510 g/mol. The van der Waals surface area contributed by atoms with Gasteiger partial charge in [0, 0.05) is 49.8 Å². The summed E-state index contributed by atoms with van der Waals surface area (Å²) < 4.78 is 5.08. The number of alkyl carbamates (subject to hydrolysis) is 1. The number of carbonyl (C=O) groups excluding carboxylic acids is 4. The van der Waals surface area contributed by atoms with Crippen molar-refractivity contribution in [2.24, 2.45) is 17.6 Å². The van der Waals surface area contributed by atoms with Crippen molar-refractivity contribution >= 4 is 29.3 Å². The molecule has 12 heteroatoms. The lowest BCUT2D eigenvalue weighted by molar-refractivity contribution is -0.144. The van der Waals surface area contributed by atoms with Gasteiger partial charge in [-0.2, -0.15) is 0 Å². The lowest BCUT2D eigenvalue weighted by atomic mass is 9.60. The number of hydrogen-bond donors (Lipinski definition) is 6. The highest BCUT2D eigenvalue weighted by Crippen LogP contribution is 2.52. The Morgan fingerprint density at radius 3 is 2.51 bits per heavy atom. The Kier molecular flexibility index (Phi) is 7.35. The van der Waals surface area contributed by atoms with Gasteiger partial charge < -0.3 is 41.1 Å². The van der Waals surface area contributed by atoms with E-state index in [4.69, 9.17) is 10.5 Å². The number of ketones is 2. The average Bonchev–Trinajstić information content (AvgIpc) is 2.85. The second-order valence-electron chi connectivity index (χ2n) is 10.4. The van der Waals surface area contributed by atoms with Gasteiger partial charge >= 0.3 is 6.09 Å². The maximum Gasteiger partial charge on any atom is 0.407 e. The third-order valence-electron chi connectivity index (χ3n) is 7.75.